The minimum Gasteiger partial charge on any atom is -0.355 e. The van der Waals surface area contributed by atoms with Crippen molar-refractivity contribution >= 4 is 40.9 Å². The van der Waals surface area contributed by atoms with E-state index in [-0.39, 0.29) is 22.8 Å². The summed E-state index contributed by atoms with van der Waals surface area (Å²) in [6.45, 7) is -0.383. The topological polar surface area (TPSA) is 113 Å². The average molecular weight is 433 g/mol. The molecule has 10 heteroatoms. The highest BCUT2D eigenvalue weighted by Gasteiger charge is 2.15. The number of amides is 3. The van der Waals surface area contributed by atoms with Crippen molar-refractivity contribution in [1.29, 1.82) is 0 Å². The van der Waals surface area contributed by atoms with E-state index in [2.05, 4.69) is 21.3 Å². The monoisotopic (exact) mass is 432 g/mol. The van der Waals surface area contributed by atoms with Crippen LogP contribution in [0.5, 0.6) is 0 Å². The number of aromatic nitrogens is 1. The maximum absolute atomic E-state index is 12.1. The van der Waals surface area contributed by atoms with Crippen molar-refractivity contribution in [3.05, 3.63) is 75.9 Å². The first-order valence-corrected chi connectivity index (χ1v) is 9.04. The van der Waals surface area contributed by atoms with E-state index in [0.717, 1.165) is 5.56 Å². The van der Waals surface area contributed by atoms with E-state index >= 15 is 0 Å². The lowest BCUT2D eigenvalue weighted by molar-refractivity contribution is -0.120. The fourth-order valence-corrected chi connectivity index (χ4v) is 2.78. The summed E-state index contributed by atoms with van der Waals surface area (Å²) in [7, 11) is 0. The Kier molecular flexibility index (Phi) is 6.48. The zero-order chi connectivity index (χ0) is 20.8. The van der Waals surface area contributed by atoms with Crippen LogP contribution < -0.4 is 16.2 Å². The van der Waals surface area contributed by atoms with Crippen molar-refractivity contribution in [3.8, 4) is 11.3 Å². The Balaban J connectivity index is 1.48. The van der Waals surface area contributed by atoms with Gasteiger partial charge in [0, 0.05) is 16.7 Å². The molecule has 0 aliphatic heterocycles. The molecule has 0 atom stereocenters. The minimum absolute atomic E-state index is 0.0128. The number of carbonyl (C=O) groups is 3. The SMILES string of the molecule is O=C(CNC(=O)c1ccc(Cl)cc1Cl)NNC(=O)c1cc(-c2ccccc2)on1. The van der Waals surface area contributed by atoms with E-state index in [1.165, 1.54) is 24.3 Å². The largest absolute Gasteiger partial charge is 0.355 e. The number of hydrazine groups is 1. The summed E-state index contributed by atoms with van der Waals surface area (Å²) < 4.78 is 5.12. The third-order valence-electron chi connectivity index (χ3n) is 3.70. The zero-order valence-electron chi connectivity index (χ0n) is 14.7. The van der Waals surface area contributed by atoms with Crippen molar-refractivity contribution in [2.24, 2.45) is 0 Å². The van der Waals surface area contributed by atoms with Crippen molar-refractivity contribution < 1.29 is 18.9 Å². The first-order valence-electron chi connectivity index (χ1n) is 8.28. The molecule has 3 N–H and O–H groups in total. The van der Waals surface area contributed by atoms with Crippen LogP contribution in [0.3, 0.4) is 0 Å². The predicted molar refractivity (Wildman–Crippen MR) is 106 cm³/mol. The molecule has 0 radical (unpaired) electrons. The predicted octanol–water partition coefficient (Wildman–Crippen LogP) is 2.84. The van der Waals surface area contributed by atoms with Gasteiger partial charge in [-0.05, 0) is 18.2 Å². The Hall–Kier alpha value is -3.36. The number of rotatable bonds is 5. The number of hydrogen-bond donors (Lipinski definition) is 3. The molecule has 0 fully saturated rings. The van der Waals surface area contributed by atoms with Gasteiger partial charge in [-0.25, -0.2) is 0 Å². The summed E-state index contributed by atoms with van der Waals surface area (Å²) >= 11 is 11.7. The minimum atomic E-state index is -0.670. The molecule has 148 valence electrons. The summed E-state index contributed by atoms with van der Waals surface area (Å²) in [4.78, 5) is 36.0. The van der Waals surface area contributed by atoms with Crippen LogP contribution in [-0.2, 0) is 4.79 Å². The summed E-state index contributed by atoms with van der Waals surface area (Å²) in [5.74, 6) is -1.47. The van der Waals surface area contributed by atoms with Crippen molar-refractivity contribution in [2.45, 2.75) is 0 Å². The molecule has 0 unspecified atom stereocenters. The van der Waals surface area contributed by atoms with Crippen LogP contribution in [0.1, 0.15) is 20.8 Å². The second-order valence-corrected chi connectivity index (χ2v) is 6.60. The van der Waals surface area contributed by atoms with E-state index in [9.17, 15) is 14.4 Å². The Morgan fingerprint density at radius 3 is 2.41 bits per heavy atom. The Morgan fingerprint density at radius 1 is 0.931 bits per heavy atom. The van der Waals surface area contributed by atoms with Gasteiger partial charge in [-0.1, -0.05) is 58.7 Å². The fraction of sp³-hybridized carbons (Fsp3) is 0.0526. The van der Waals surface area contributed by atoms with Crippen LogP contribution in [-0.4, -0.2) is 29.4 Å². The van der Waals surface area contributed by atoms with Gasteiger partial charge in [0.2, 0.25) is 0 Å². The van der Waals surface area contributed by atoms with Gasteiger partial charge in [-0.15, -0.1) is 0 Å². The highest BCUT2D eigenvalue weighted by molar-refractivity contribution is 6.36. The molecular formula is C19H14Cl2N4O4. The molecule has 1 heterocycles. The van der Waals surface area contributed by atoms with Gasteiger partial charge < -0.3 is 9.84 Å². The van der Waals surface area contributed by atoms with Crippen molar-refractivity contribution in [3.63, 3.8) is 0 Å². The lowest BCUT2D eigenvalue weighted by Gasteiger charge is -2.08. The van der Waals surface area contributed by atoms with E-state index in [1.807, 2.05) is 18.2 Å². The quantitative estimate of drug-likeness (QED) is 0.536. The zero-order valence-corrected chi connectivity index (χ0v) is 16.3. The summed E-state index contributed by atoms with van der Waals surface area (Å²) in [5, 5.41) is 6.59. The van der Waals surface area contributed by atoms with Crippen molar-refractivity contribution in [1.82, 2.24) is 21.3 Å². The Bertz CT molecular complexity index is 1050. The molecule has 29 heavy (non-hydrogen) atoms. The van der Waals surface area contributed by atoms with Crippen LogP contribution in [0.4, 0.5) is 0 Å². The van der Waals surface area contributed by atoms with Gasteiger partial charge in [0.15, 0.2) is 11.5 Å². The first kappa shape index (κ1) is 20.4. The lowest BCUT2D eigenvalue weighted by atomic mass is 10.1. The number of hydrogen-bond acceptors (Lipinski definition) is 5. The third kappa shape index (κ3) is 5.34. The fourth-order valence-electron chi connectivity index (χ4n) is 2.28. The highest BCUT2D eigenvalue weighted by atomic mass is 35.5. The van der Waals surface area contributed by atoms with Gasteiger partial charge in [0.25, 0.3) is 17.7 Å². The highest BCUT2D eigenvalue weighted by Crippen LogP contribution is 2.21. The average Bonchev–Trinajstić information content (AvgIpc) is 3.21. The molecule has 3 rings (SSSR count). The second-order valence-electron chi connectivity index (χ2n) is 5.75. The number of benzene rings is 2. The first-order chi connectivity index (χ1) is 13.9. The Labute approximate surface area is 175 Å². The molecule has 0 spiro atoms. The molecule has 0 aliphatic carbocycles. The molecule has 2 aromatic carbocycles. The number of nitrogens with zero attached hydrogens (tertiary/aromatic N) is 1. The maximum atomic E-state index is 12.1. The number of nitrogens with one attached hydrogen (secondary N) is 3. The van der Waals surface area contributed by atoms with Gasteiger partial charge in [-0.2, -0.15) is 0 Å². The van der Waals surface area contributed by atoms with E-state index in [0.29, 0.717) is 10.8 Å². The van der Waals surface area contributed by atoms with Gasteiger partial charge in [0.1, 0.15) is 0 Å². The van der Waals surface area contributed by atoms with Crippen LogP contribution in [0.15, 0.2) is 59.1 Å². The van der Waals surface area contributed by atoms with Crippen LogP contribution in [0.25, 0.3) is 11.3 Å². The lowest BCUT2D eigenvalue weighted by Crippen LogP contribution is -2.46. The van der Waals surface area contributed by atoms with E-state index in [4.69, 9.17) is 27.7 Å². The van der Waals surface area contributed by atoms with Crippen LogP contribution in [0.2, 0.25) is 10.0 Å². The molecular weight excluding hydrogens is 419 g/mol. The number of halogens is 2. The van der Waals surface area contributed by atoms with Crippen LogP contribution >= 0.6 is 23.2 Å². The van der Waals surface area contributed by atoms with Crippen LogP contribution in [0, 0.1) is 0 Å². The third-order valence-corrected chi connectivity index (χ3v) is 4.25. The van der Waals surface area contributed by atoms with E-state index in [1.54, 1.807) is 12.1 Å². The smallest absolute Gasteiger partial charge is 0.291 e. The van der Waals surface area contributed by atoms with Gasteiger partial charge >= 0.3 is 0 Å². The molecule has 0 saturated heterocycles. The molecule has 0 bridgehead atoms. The molecule has 8 nitrogen and oxygen atoms in total. The Morgan fingerprint density at radius 2 is 1.69 bits per heavy atom. The standard InChI is InChI=1S/C19H14Cl2N4O4/c20-12-6-7-13(14(21)8-12)18(27)22-10-17(26)23-24-19(28)15-9-16(29-25-15)11-4-2-1-3-5-11/h1-9H,10H2,(H,22,27)(H,23,26)(H,24,28). The normalized spacial score (nSPS) is 10.3. The second kappa shape index (κ2) is 9.22. The van der Waals surface area contributed by atoms with E-state index < -0.39 is 17.7 Å². The molecule has 0 aliphatic rings. The van der Waals surface area contributed by atoms with Gasteiger partial charge in [-0.3, -0.25) is 25.2 Å². The van der Waals surface area contributed by atoms with Crippen molar-refractivity contribution in [2.75, 3.05) is 6.54 Å². The molecule has 0 saturated carbocycles. The van der Waals surface area contributed by atoms with Gasteiger partial charge in [0.05, 0.1) is 17.1 Å². The summed E-state index contributed by atoms with van der Waals surface area (Å²) in [5.41, 5.74) is 5.28. The molecule has 1 aromatic heterocycles. The molecule has 3 amide bonds. The number of carbonyl (C=O) groups excluding carboxylic acids is 3. The summed E-state index contributed by atoms with van der Waals surface area (Å²) in [6.07, 6.45) is 0. The molecule has 3 aromatic rings. The summed E-state index contributed by atoms with van der Waals surface area (Å²) in [6, 6.07) is 14.9. The maximum Gasteiger partial charge on any atom is 0.291 e.